The van der Waals surface area contributed by atoms with Gasteiger partial charge in [-0.3, -0.25) is 14.4 Å². The van der Waals surface area contributed by atoms with Crippen LogP contribution in [0.3, 0.4) is 0 Å². The van der Waals surface area contributed by atoms with E-state index in [9.17, 15) is 14.4 Å². The van der Waals surface area contributed by atoms with Crippen molar-refractivity contribution >= 4 is 46.9 Å². The van der Waals surface area contributed by atoms with Gasteiger partial charge in [-0.2, -0.15) is 0 Å². The Balaban J connectivity index is 0.00000280. The maximum Gasteiger partial charge on any atom is 0.309 e. The molecule has 2 aliphatic carbocycles. The van der Waals surface area contributed by atoms with Gasteiger partial charge >= 0.3 is 5.91 Å². The van der Waals surface area contributed by atoms with Gasteiger partial charge in [-0.25, -0.2) is 5.43 Å². The number of thioether (sulfide) groups is 1. The van der Waals surface area contributed by atoms with Crippen LogP contribution in [-0.2, 0) is 14.4 Å². The van der Waals surface area contributed by atoms with Gasteiger partial charge in [0.25, 0.3) is 0 Å². The van der Waals surface area contributed by atoms with Crippen LogP contribution in [0.2, 0.25) is 0 Å². The maximum absolute atomic E-state index is 12.8. The number of Topliss-reactive ketones (excluding diaryl/α,β-unsaturated/α-hetero) is 1. The zero-order valence-corrected chi connectivity index (χ0v) is 18.1. The molecule has 1 atom stereocenters. The Labute approximate surface area is 177 Å². The first kappa shape index (κ1) is 23.0. The van der Waals surface area contributed by atoms with Crippen molar-refractivity contribution in [2.75, 3.05) is 19.3 Å². The van der Waals surface area contributed by atoms with Gasteiger partial charge in [0.15, 0.2) is 5.17 Å². The Morgan fingerprint density at radius 1 is 1.07 bits per heavy atom. The number of hydrazone groups is 1. The standard InChI is InChI=1S/C19H30N4O3S.ClH/c1-23-11-12-27-19(23)22-21-18(26)16(24)15(13-7-5-6-8-13)20-17(25)14-9-3-2-4-10-14;/h13-15H,2-12H2,1H3,(H,20,25)(H,21,26);1H/b22-19-;. The minimum atomic E-state index is -0.732. The summed E-state index contributed by atoms with van der Waals surface area (Å²) < 4.78 is 0. The van der Waals surface area contributed by atoms with Crippen molar-refractivity contribution in [3.05, 3.63) is 0 Å². The molecule has 1 saturated heterocycles. The Kier molecular flexibility index (Phi) is 9.08. The van der Waals surface area contributed by atoms with Gasteiger partial charge in [0.05, 0.1) is 0 Å². The lowest BCUT2D eigenvalue weighted by Gasteiger charge is -2.27. The van der Waals surface area contributed by atoms with Crippen molar-refractivity contribution in [1.82, 2.24) is 15.6 Å². The molecule has 1 unspecified atom stereocenters. The molecule has 7 nitrogen and oxygen atoms in total. The van der Waals surface area contributed by atoms with E-state index in [0.29, 0.717) is 5.17 Å². The van der Waals surface area contributed by atoms with E-state index in [4.69, 9.17) is 0 Å². The molecule has 1 aliphatic heterocycles. The van der Waals surface area contributed by atoms with E-state index in [1.165, 1.54) is 6.42 Å². The summed E-state index contributed by atoms with van der Waals surface area (Å²) in [5.74, 6) is -0.425. The minimum Gasteiger partial charge on any atom is -0.352 e. The summed E-state index contributed by atoms with van der Waals surface area (Å²) in [6.45, 7) is 0.870. The lowest BCUT2D eigenvalue weighted by Crippen LogP contribution is -2.52. The van der Waals surface area contributed by atoms with Gasteiger partial charge in [-0.05, 0) is 31.6 Å². The number of nitrogens with zero attached hydrogens (tertiary/aromatic N) is 2. The minimum absolute atomic E-state index is 0. The highest BCUT2D eigenvalue weighted by Crippen LogP contribution is 2.29. The van der Waals surface area contributed by atoms with E-state index < -0.39 is 17.7 Å². The third-order valence-electron chi connectivity index (χ3n) is 5.89. The molecule has 1 heterocycles. The molecule has 0 spiro atoms. The third-order valence-corrected chi connectivity index (χ3v) is 6.94. The summed E-state index contributed by atoms with van der Waals surface area (Å²) in [6, 6.07) is -0.726. The van der Waals surface area contributed by atoms with Crippen molar-refractivity contribution in [2.24, 2.45) is 16.9 Å². The Morgan fingerprint density at radius 2 is 1.71 bits per heavy atom. The van der Waals surface area contributed by atoms with Crippen molar-refractivity contribution in [1.29, 1.82) is 0 Å². The van der Waals surface area contributed by atoms with Gasteiger partial charge in [-0.1, -0.05) is 43.9 Å². The maximum atomic E-state index is 12.8. The SMILES string of the molecule is CN1CCS/C1=N\NC(=O)C(=O)C(NC(=O)C1CCCCC1)C1CCCC1.Cl. The highest BCUT2D eigenvalue weighted by Gasteiger charge is 2.37. The summed E-state index contributed by atoms with van der Waals surface area (Å²) >= 11 is 1.55. The predicted molar refractivity (Wildman–Crippen MR) is 113 cm³/mol. The number of amides is 2. The number of carbonyl (C=O) groups is 3. The summed E-state index contributed by atoms with van der Waals surface area (Å²) in [5.41, 5.74) is 2.40. The van der Waals surface area contributed by atoms with Crippen LogP contribution in [-0.4, -0.2) is 53.1 Å². The molecule has 3 aliphatic rings. The zero-order valence-electron chi connectivity index (χ0n) is 16.4. The van der Waals surface area contributed by atoms with Crippen molar-refractivity contribution < 1.29 is 14.4 Å². The van der Waals surface area contributed by atoms with E-state index >= 15 is 0 Å². The molecule has 158 valence electrons. The van der Waals surface area contributed by atoms with Crippen LogP contribution in [0.1, 0.15) is 57.8 Å². The van der Waals surface area contributed by atoms with Gasteiger partial charge in [0.1, 0.15) is 6.04 Å². The zero-order chi connectivity index (χ0) is 19.2. The molecule has 28 heavy (non-hydrogen) atoms. The van der Waals surface area contributed by atoms with Crippen molar-refractivity contribution in [2.45, 2.75) is 63.8 Å². The molecule has 3 fully saturated rings. The number of rotatable bonds is 6. The summed E-state index contributed by atoms with van der Waals surface area (Å²) in [7, 11) is 1.90. The van der Waals surface area contributed by atoms with Crippen molar-refractivity contribution in [3.63, 3.8) is 0 Å². The van der Waals surface area contributed by atoms with Crippen LogP contribution in [0.25, 0.3) is 0 Å². The first-order chi connectivity index (χ1) is 13.1. The van der Waals surface area contributed by atoms with Gasteiger partial charge in [0.2, 0.25) is 11.7 Å². The second-order valence-electron chi connectivity index (χ2n) is 7.84. The number of carbonyl (C=O) groups excluding carboxylic acids is 3. The third kappa shape index (κ3) is 5.86. The molecule has 0 aromatic rings. The fourth-order valence-electron chi connectivity index (χ4n) is 4.22. The highest BCUT2D eigenvalue weighted by molar-refractivity contribution is 8.14. The van der Waals surface area contributed by atoms with Crippen molar-refractivity contribution in [3.8, 4) is 0 Å². The molecular formula is C19H31ClN4O3S. The Morgan fingerprint density at radius 3 is 2.32 bits per heavy atom. The fraction of sp³-hybridized carbons (Fsp3) is 0.789. The topological polar surface area (TPSA) is 90.9 Å². The molecule has 9 heteroatoms. The van der Waals surface area contributed by atoms with E-state index in [1.54, 1.807) is 11.8 Å². The second kappa shape index (κ2) is 11.0. The Hall–Kier alpha value is -1.28. The van der Waals surface area contributed by atoms with E-state index in [1.807, 2.05) is 11.9 Å². The summed E-state index contributed by atoms with van der Waals surface area (Å²) in [6.07, 6.45) is 8.87. The van der Waals surface area contributed by atoms with E-state index in [0.717, 1.165) is 63.7 Å². The summed E-state index contributed by atoms with van der Waals surface area (Å²) in [5, 5.41) is 7.72. The van der Waals surface area contributed by atoms with E-state index in [-0.39, 0.29) is 30.2 Å². The summed E-state index contributed by atoms with van der Waals surface area (Å²) in [4.78, 5) is 39.8. The number of halogens is 1. The average Bonchev–Trinajstić information content (AvgIpc) is 3.36. The molecular weight excluding hydrogens is 400 g/mol. The van der Waals surface area contributed by atoms with E-state index in [2.05, 4.69) is 15.8 Å². The first-order valence-electron chi connectivity index (χ1n) is 10.1. The van der Waals surface area contributed by atoms with Gasteiger partial charge < -0.3 is 10.2 Å². The monoisotopic (exact) mass is 430 g/mol. The van der Waals surface area contributed by atoms with Gasteiger partial charge in [0, 0.05) is 25.3 Å². The second-order valence-corrected chi connectivity index (χ2v) is 8.90. The molecule has 0 bridgehead atoms. The molecule has 0 aromatic heterocycles. The number of hydrogen-bond acceptors (Lipinski definition) is 5. The molecule has 3 rings (SSSR count). The van der Waals surface area contributed by atoms with Crippen LogP contribution in [0.5, 0.6) is 0 Å². The first-order valence-corrected chi connectivity index (χ1v) is 11.1. The van der Waals surface area contributed by atoms with Crippen LogP contribution in [0.4, 0.5) is 0 Å². The molecule has 2 saturated carbocycles. The molecule has 0 aromatic carbocycles. The number of amidine groups is 1. The van der Waals surface area contributed by atoms with Crippen LogP contribution in [0.15, 0.2) is 5.10 Å². The smallest absolute Gasteiger partial charge is 0.309 e. The lowest BCUT2D eigenvalue weighted by atomic mass is 9.87. The highest BCUT2D eigenvalue weighted by atomic mass is 35.5. The Bertz CT molecular complexity index is 604. The molecule has 2 N–H and O–H groups in total. The number of ketones is 1. The van der Waals surface area contributed by atoms with Crippen LogP contribution in [0, 0.1) is 11.8 Å². The fourth-order valence-corrected chi connectivity index (χ4v) is 5.19. The predicted octanol–water partition coefficient (Wildman–Crippen LogP) is 2.30. The van der Waals surface area contributed by atoms with Crippen LogP contribution < -0.4 is 10.7 Å². The lowest BCUT2D eigenvalue weighted by molar-refractivity contribution is -0.141. The molecule has 2 amide bonds. The quantitative estimate of drug-likeness (QED) is 0.498. The normalized spacial score (nSPS) is 23.3. The molecule has 0 radical (unpaired) electrons. The van der Waals surface area contributed by atoms with Gasteiger partial charge in [-0.15, -0.1) is 17.5 Å². The van der Waals surface area contributed by atoms with Crippen LogP contribution >= 0.6 is 24.2 Å². The number of hydrogen-bond donors (Lipinski definition) is 2. The average molecular weight is 431 g/mol. The number of nitrogens with one attached hydrogen (secondary N) is 2. The largest absolute Gasteiger partial charge is 0.352 e.